The first-order valence-corrected chi connectivity index (χ1v) is 13.2. The van der Waals surface area contributed by atoms with Crippen molar-refractivity contribution in [3.63, 3.8) is 0 Å². The third kappa shape index (κ3) is 7.31. The van der Waals surface area contributed by atoms with E-state index in [0.29, 0.717) is 18.1 Å². The van der Waals surface area contributed by atoms with Gasteiger partial charge in [-0.1, -0.05) is 6.07 Å². The predicted octanol–water partition coefficient (Wildman–Crippen LogP) is 1.95. The number of sulfonamides is 1. The Morgan fingerprint density at radius 1 is 1.17 bits per heavy atom. The van der Waals surface area contributed by atoms with E-state index in [2.05, 4.69) is 10.0 Å². The minimum Gasteiger partial charge on any atom is -0.486 e. The number of thioether (sulfide) groups is 1. The molecule has 2 N–H and O–H groups in total. The third-order valence-corrected chi connectivity index (χ3v) is 6.82. The summed E-state index contributed by atoms with van der Waals surface area (Å²) in [5.41, 5.74) is -0.0658. The number of anilines is 1. The number of esters is 1. The molecule has 2 aromatic rings. The molecule has 0 bridgehead atoms. The molecule has 1 aliphatic rings. The summed E-state index contributed by atoms with van der Waals surface area (Å²) in [5.74, 6) is -0.529. The number of nitrogens with zero attached hydrogens (tertiary/aromatic N) is 1. The lowest BCUT2D eigenvalue weighted by Gasteiger charge is -2.20. The molecule has 12 nitrogen and oxygen atoms in total. The molecular weight excluding hydrogens is 502 g/mol. The number of non-ortho nitro benzene ring substituents is 1. The number of fused-ring (bicyclic) bond motifs is 1. The minimum atomic E-state index is -4.13. The summed E-state index contributed by atoms with van der Waals surface area (Å²) in [7, 11) is -4.13. The number of hydrogen-bond donors (Lipinski definition) is 2. The van der Waals surface area contributed by atoms with Crippen LogP contribution in [0.2, 0.25) is 0 Å². The van der Waals surface area contributed by atoms with Crippen molar-refractivity contribution in [1.29, 1.82) is 0 Å². The average Bonchev–Trinajstić information content (AvgIpc) is 2.84. The standard InChI is InChI=1S/C21H23N3O9S2/c1-34-10-7-17(23-35(29,30)16-5-6-18-19(12-16)32-9-8-31-18)21(26)33-13-20(25)22-14-3-2-4-15(11-14)24(27)28/h2-6,11-12,17,23H,7-10,13H2,1H3,(H,22,25). The number of carbonyl (C=O) groups is 2. The van der Waals surface area contributed by atoms with Crippen molar-refractivity contribution in [2.45, 2.75) is 17.4 Å². The summed E-state index contributed by atoms with van der Waals surface area (Å²) in [6, 6.07) is 8.12. The molecule has 0 aliphatic carbocycles. The maximum atomic E-state index is 12.9. The topological polar surface area (TPSA) is 163 Å². The second-order valence-electron chi connectivity index (χ2n) is 7.22. The smallest absolute Gasteiger partial charge is 0.324 e. The molecule has 0 spiro atoms. The first-order chi connectivity index (χ1) is 16.7. The predicted molar refractivity (Wildman–Crippen MR) is 127 cm³/mol. The van der Waals surface area contributed by atoms with Gasteiger partial charge in [0.05, 0.1) is 9.82 Å². The zero-order valence-electron chi connectivity index (χ0n) is 18.6. The molecule has 14 heteroatoms. The maximum Gasteiger partial charge on any atom is 0.324 e. The van der Waals surface area contributed by atoms with Gasteiger partial charge in [-0.2, -0.15) is 16.5 Å². The number of ether oxygens (including phenoxy) is 3. The molecule has 1 amide bonds. The van der Waals surface area contributed by atoms with E-state index in [9.17, 15) is 28.1 Å². The number of hydrogen-bond acceptors (Lipinski definition) is 10. The number of benzene rings is 2. The highest BCUT2D eigenvalue weighted by molar-refractivity contribution is 7.98. The second-order valence-corrected chi connectivity index (χ2v) is 9.92. The van der Waals surface area contributed by atoms with Crippen LogP contribution in [-0.4, -0.2) is 63.1 Å². The molecule has 0 radical (unpaired) electrons. The van der Waals surface area contributed by atoms with Gasteiger partial charge in [0.2, 0.25) is 10.0 Å². The van der Waals surface area contributed by atoms with Gasteiger partial charge in [0.25, 0.3) is 11.6 Å². The van der Waals surface area contributed by atoms with Crippen molar-refractivity contribution in [3.8, 4) is 11.5 Å². The van der Waals surface area contributed by atoms with Crippen LogP contribution in [0, 0.1) is 10.1 Å². The van der Waals surface area contributed by atoms with Crippen LogP contribution >= 0.6 is 11.8 Å². The lowest BCUT2D eigenvalue weighted by molar-refractivity contribution is -0.384. The summed E-state index contributed by atoms with van der Waals surface area (Å²) in [5, 5.41) is 13.2. The number of amides is 1. The molecule has 35 heavy (non-hydrogen) atoms. The summed E-state index contributed by atoms with van der Waals surface area (Å²) in [6.07, 6.45) is 1.92. The first kappa shape index (κ1) is 26.2. The molecule has 0 saturated carbocycles. The molecule has 0 aromatic heterocycles. The molecule has 1 unspecified atom stereocenters. The van der Waals surface area contributed by atoms with Crippen molar-refractivity contribution < 1.29 is 37.1 Å². The maximum absolute atomic E-state index is 12.9. The molecule has 1 atom stereocenters. The minimum absolute atomic E-state index is 0.118. The Balaban J connectivity index is 1.64. The van der Waals surface area contributed by atoms with Crippen molar-refractivity contribution in [2.24, 2.45) is 0 Å². The first-order valence-electron chi connectivity index (χ1n) is 10.3. The Bertz CT molecular complexity index is 1200. The summed E-state index contributed by atoms with van der Waals surface area (Å²) >= 11 is 1.40. The highest BCUT2D eigenvalue weighted by Gasteiger charge is 2.28. The van der Waals surface area contributed by atoms with Gasteiger partial charge in [0.15, 0.2) is 18.1 Å². The van der Waals surface area contributed by atoms with Crippen LogP contribution < -0.4 is 19.5 Å². The van der Waals surface area contributed by atoms with Crippen molar-refractivity contribution in [2.75, 3.05) is 37.1 Å². The lowest BCUT2D eigenvalue weighted by atomic mass is 10.2. The highest BCUT2D eigenvalue weighted by Crippen LogP contribution is 2.32. The van der Waals surface area contributed by atoms with Crippen LogP contribution in [0.15, 0.2) is 47.4 Å². The lowest BCUT2D eigenvalue weighted by Crippen LogP contribution is -2.43. The van der Waals surface area contributed by atoms with E-state index >= 15 is 0 Å². The monoisotopic (exact) mass is 525 g/mol. The quantitative estimate of drug-likeness (QED) is 0.252. The fourth-order valence-electron chi connectivity index (χ4n) is 3.04. The average molecular weight is 526 g/mol. The Morgan fingerprint density at radius 3 is 2.63 bits per heavy atom. The zero-order chi connectivity index (χ0) is 25.4. The van der Waals surface area contributed by atoms with E-state index in [-0.39, 0.29) is 35.0 Å². The molecule has 0 fully saturated rings. The van der Waals surface area contributed by atoms with Crippen LogP contribution in [-0.2, 0) is 24.3 Å². The van der Waals surface area contributed by atoms with Crippen molar-refractivity contribution in [3.05, 3.63) is 52.6 Å². The van der Waals surface area contributed by atoms with Crippen LogP contribution in [0.25, 0.3) is 0 Å². The molecule has 2 aromatic carbocycles. The Labute approximate surface area is 205 Å². The van der Waals surface area contributed by atoms with Gasteiger partial charge in [-0.3, -0.25) is 19.7 Å². The van der Waals surface area contributed by atoms with Gasteiger partial charge in [-0.05, 0) is 36.6 Å². The molecule has 3 rings (SSSR count). The van der Waals surface area contributed by atoms with Crippen LogP contribution in [0.5, 0.6) is 11.5 Å². The van der Waals surface area contributed by atoms with Crippen molar-refractivity contribution >= 4 is 45.0 Å². The molecule has 188 valence electrons. The second kappa shape index (κ2) is 11.9. The van der Waals surface area contributed by atoms with Gasteiger partial charge in [0, 0.05) is 23.9 Å². The normalized spacial score (nSPS) is 13.5. The van der Waals surface area contributed by atoms with E-state index < -0.39 is 39.5 Å². The van der Waals surface area contributed by atoms with Gasteiger partial charge < -0.3 is 19.5 Å². The van der Waals surface area contributed by atoms with Gasteiger partial charge >= 0.3 is 5.97 Å². The zero-order valence-corrected chi connectivity index (χ0v) is 20.2. The number of nitrogens with one attached hydrogen (secondary N) is 2. The molecular formula is C21H23N3O9S2. The van der Waals surface area contributed by atoms with Crippen LogP contribution in [0.3, 0.4) is 0 Å². The number of rotatable bonds is 11. The van der Waals surface area contributed by atoms with E-state index in [4.69, 9.17) is 14.2 Å². The van der Waals surface area contributed by atoms with Crippen LogP contribution in [0.4, 0.5) is 11.4 Å². The summed E-state index contributed by atoms with van der Waals surface area (Å²) in [6.45, 7) is -0.0667. The van der Waals surface area contributed by atoms with Gasteiger partial charge in [-0.15, -0.1) is 0 Å². The number of nitro benzene ring substituents is 1. The molecule has 1 heterocycles. The van der Waals surface area contributed by atoms with E-state index in [1.54, 1.807) is 6.26 Å². The SMILES string of the molecule is CSCCC(NS(=O)(=O)c1ccc2c(c1)OCCO2)C(=O)OCC(=O)Nc1cccc([N+](=O)[O-])c1. The van der Waals surface area contributed by atoms with Gasteiger partial charge in [-0.25, -0.2) is 8.42 Å². The summed E-state index contributed by atoms with van der Waals surface area (Å²) < 4.78 is 44.0. The van der Waals surface area contributed by atoms with Gasteiger partial charge in [0.1, 0.15) is 19.3 Å². The van der Waals surface area contributed by atoms with E-state index in [1.807, 2.05) is 0 Å². The molecule has 0 saturated heterocycles. The van der Waals surface area contributed by atoms with Crippen molar-refractivity contribution in [1.82, 2.24) is 4.72 Å². The largest absolute Gasteiger partial charge is 0.486 e. The van der Waals surface area contributed by atoms with E-state index in [0.717, 1.165) is 6.07 Å². The number of nitro groups is 1. The highest BCUT2D eigenvalue weighted by atomic mass is 32.2. The summed E-state index contributed by atoms with van der Waals surface area (Å²) in [4.78, 5) is 34.9. The van der Waals surface area contributed by atoms with Crippen LogP contribution in [0.1, 0.15) is 6.42 Å². The third-order valence-electron chi connectivity index (χ3n) is 4.70. The Kier molecular flexibility index (Phi) is 8.89. The number of carbonyl (C=O) groups excluding carboxylic acids is 2. The fourth-order valence-corrected chi connectivity index (χ4v) is 4.74. The molecule has 1 aliphatic heterocycles. The van der Waals surface area contributed by atoms with E-state index in [1.165, 1.54) is 48.2 Å². The fraction of sp³-hybridized carbons (Fsp3) is 0.333. The Hall–Kier alpha value is -3.36. The Morgan fingerprint density at radius 2 is 1.91 bits per heavy atom.